The van der Waals surface area contributed by atoms with Crippen molar-refractivity contribution >= 4 is 41.3 Å². The normalized spacial score (nSPS) is 12.4. The molecule has 0 fully saturated rings. The van der Waals surface area contributed by atoms with E-state index in [0.717, 1.165) is 48.6 Å². The van der Waals surface area contributed by atoms with E-state index in [4.69, 9.17) is 4.74 Å². The van der Waals surface area contributed by atoms with Gasteiger partial charge in [-0.3, -0.25) is 9.89 Å². The van der Waals surface area contributed by atoms with Crippen LogP contribution in [-0.4, -0.2) is 49.6 Å². The second kappa shape index (κ2) is 13.0. The lowest BCUT2D eigenvalue weighted by atomic mass is 10.0. The first-order chi connectivity index (χ1) is 13.5. The summed E-state index contributed by atoms with van der Waals surface area (Å²) in [5, 5.41) is 8.00. The molecule has 1 aromatic heterocycles. The van der Waals surface area contributed by atoms with Gasteiger partial charge >= 0.3 is 0 Å². The molecule has 6 nitrogen and oxygen atoms in total. The number of nitrogens with one attached hydrogen (secondary N) is 2. The third kappa shape index (κ3) is 7.42. The second-order valence-corrected chi connectivity index (χ2v) is 7.85. The lowest BCUT2D eigenvalue weighted by Gasteiger charge is -2.31. The van der Waals surface area contributed by atoms with Crippen molar-refractivity contribution in [2.24, 2.45) is 4.99 Å². The quantitative estimate of drug-likeness (QED) is 0.290. The van der Waals surface area contributed by atoms with Gasteiger partial charge in [-0.05, 0) is 44.6 Å². The smallest absolute Gasteiger partial charge is 0.191 e. The summed E-state index contributed by atoms with van der Waals surface area (Å²) >= 11 is 1.73. The number of thiazole rings is 1. The van der Waals surface area contributed by atoms with E-state index in [9.17, 15) is 0 Å². The largest absolute Gasteiger partial charge is 0.497 e. The summed E-state index contributed by atoms with van der Waals surface area (Å²) in [5.74, 6) is 1.68. The van der Waals surface area contributed by atoms with Crippen LogP contribution in [0, 0.1) is 13.8 Å². The molecule has 1 heterocycles. The van der Waals surface area contributed by atoms with Crippen LogP contribution >= 0.6 is 35.3 Å². The molecule has 0 aliphatic rings. The van der Waals surface area contributed by atoms with Gasteiger partial charge in [-0.15, -0.1) is 35.3 Å². The van der Waals surface area contributed by atoms with Crippen molar-refractivity contribution < 1.29 is 4.74 Å². The van der Waals surface area contributed by atoms with Crippen molar-refractivity contribution in [2.75, 3.05) is 33.8 Å². The minimum absolute atomic E-state index is 0. The van der Waals surface area contributed by atoms with E-state index in [1.807, 2.05) is 19.1 Å². The Bertz CT molecular complexity index is 776. The van der Waals surface area contributed by atoms with Crippen LogP contribution in [-0.2, 0) is 6.54 Å². The molecule has 0 radical (unpaired) electrons. The van der Waals surface area contributed by atoms with E-state index in [-0.39, 0.29) is 30.0 Å². The molecule has 2 N–H and O–H groups in total. The predicted molar refractivity (Wildman–Crippen MR) is 134 cm³/mol. The highest BCUT2D eigenvalue weighted by atomic mass is 127. The molecule has 1 aromatic carbocycles. The van der Waals surface area contributed by atoms with Crippen LogP contribution in [0.5, 0.6) is 5.75 Å². The second-order valence-electron chi connectivity index (χ2n) is 6.56. The highest BCUT2D eigenvalue weighted by Crippen LogP contribution is 2.24. The summed E-state index contributed by atoms with van der Waals surface area (Å²) < 4.78 is 5.42. The van der Waals surface area contributed by atoms with Crippen molar-refractivity contribution in [1.82, 2.24) is 20.5 Å². The topological polar surface area (TPSA) is 61.8 Å². The molecule has 0 saturated carbocycles. The molecule has 2 rings (SSSR count). The number of guanidine groups is 1. The number of aromatic nitrogens is 1. The fraction of sp³-hybridized carbons (Fsp3) is 0.524. The molecule has 29 heavy (non-hydrogen) atoms. The van der Waals surface area contributed by atoms with Gasteiger partial charge in [-0.25, -0.2) is 4.98 Å². The number of hydrogen-bond acceptors (Lipinski definition) is 5. The Kier molecular flexibility index (Phi) is 11.5. The summed E-state index contributed by atoms with van der Waals surface area (Å²) in [5.41, 5.74) is 2.32. The van der Waals surface area contributed by atoms with Crippen molar-refractivity contribution in [2.45, 2.75) is 40.3 Å². The Hall–Kier alpha value is -1.39. The average Bonchev–Trinajstić information content (AvgIpc) is 3.04. The Morgan fingerprint density at radius 2 is 1.97 bits per heavy atom. The number of aryl methyl sites for hydroxylation is 2. The van der Waals surface area contributed by atoms with E-state index in [1.165, 1.54) is 10.4 Å². The third-order valence-corrected chi connectivity index (χ3v) is 5.91. The van der Waals surface area contributed by atoms with Gasteiger partial charge in [0.05, 0.1) is 30.4 Å². The maximum atomic E-state index is 5.42. The lowest BCUT2D eigenvalue weighted by Crippen LogP contribution is -2.43. The number of methoxy groups -OCH3 is 1. The number of hydrogen-bond donors (Lipinski definition) is 2. The van der Waals surface area contributed by atoms with Gasteiger partial charge in [0.15, 0.2) is 5.96 Å². The van der Waals surface area contributed by atoms with Gasteiger partial charge in [0.1, 0.15) is 5.75 Å². The van der Waals surface area contributed by atoms with Crippen molar-refractivity contribution in [3.05, 3.63) is 45.4 Å². The SMILES string of the molecule is CCN(CC)C(CNC(=NC)NCc1sc(C)nc1C)c1cccc(OC)c1.I. The van der Waals surface area contributed by atoms with Crippen LogP contribution < -0.4 is 15.4 Å². The average molecular weight is 532 g/mol. The van der Waals surface area contributed by atoms with Crippen LogP contribution in [0.4, 0.5) is 0 Å². The number of aliphatic imine (C=N–C) groups is 1. The summed E-state index contributed by atoms with van der Waals surface area (Å²) in [6.45, 7) is 11.9. The van der Waals surface area contributed by atoms with Gasteiger partial charge in [-0.1, -0.05) is 26.0 Å². The Morgan fingerprint density at radius 1 is 1.24 bits per heavy atom. The number of rotatable bonds is 9. The highest BCUT2D eigenvalue weighted by molar-refractivity contribution is 14.0. The van der Waals surface area contributed by atoms with Gasteiger partial charge < -0.3 is 15.4 Å². The van der Waals surface area contributed by atoms with E-state index < -0.39 is 0 Å². The monoisotopic (exact) mass is 531 g/mol. The zero-order valence-electron chi connectivity index (χ0n) is 18.3. The first-order valence-corrected chi connectivity index (χ1v) is 10.6. The first-order valence-electron chi connectivity index (χ1n) is 9.77. The fourth-order valence-corrected chi connectivity index (χ4v) is 4.16. The lowest BCUT2D eigenvalue weighted by molar-refractivity contribution is 0.218. The summed E-state index contributed by atoms with van der Waals surface area (Å²) in [6, 6.07) is 8.54. The van der Waals surface area contributed by atoms with Crippen LogP contribution in [0.3, 0.4) is 0 Å². The van der Waals surface area contributed by atoms with Crippen LogP contribution in [0.1, 0.15) is 41.0 Å². The van der Waals surface area contributed by atoms with Gasteiger partial charge in [-0.2, -0.15) is 0 Å². The van der Waals surface area contributed by atoms with Crippen LogP contribution in [0.2, 0.25) is 0 Å². The van der Waals surface area contributed by atoms with Gasteiger partial charge in [0.2, 0.25) is 0 Å². The molecular weight excluding hydrogens is 497 g/mol. The van der Waals surface area contributed by atoms with Crippen molar-refractivity contribution in [3.8, 4) is 5.75 Å². The Morgan fingerprint density at radius 3 is 2.52 bits per heavy atom. The number of halogens is 1. The van der Waals surface area contributed by atoms with Gasteiger partial charge in [0.25, 0.3) is 0 Å². The first kappa shape index (κ1) is 25.6. The summed E-state index contributed by atoms with van der Waals surface area (Å²) in [6.07, 6.45) is 0. The Labute approximate surface area is 196 Å². The molecule has 0 saturated heterocycles. The van der Waals surface area contributed by atoms with Crippen molar-refractivity contribution in [3.63, 3.8) is 0 Å². The highest BCUT2D eigenvalue weighted by Gasteiger charge is 2.19. The predicted octanol–water partition coefficient (Wildman–Crippen LogP) is 4.13. The van der Waals surface area contributed by atoms with Crippen molar-refractivity contribution in [1.29, 1.82) is 0 Å². The molecule has 8 heteroatoms. The van der Waals surface area contributed by atoms with E-state index in [1.54, 1.807) is 25.5 Å². The molecule has 0 aliphatic heterocycles. The maximum absolute atomic E-state index is 5.42. The van der Waals surface area contributed by atoms with Gasteiger partial charge in [0, 0.05) is 18.5 Å². The number of likely N-dealkylation sites (N-methyl/N-ethyl adjacent to an activating group) is 1. The Balaban J connectivity index is 0.00000420. The van der Waals surface area contributed by atoms with Crippen LogP contribution in [0.15, 0.2) is 29.3 Å². The van der Waals surface area contributed by atoms with E-state index in [0.29, 0.717) is 0 Å². The molecule has 0 aliphatic carbocycles. The standard InChI is InChI=1S/C21H33N5OS.HI/c1-7-26(8-2)19(17-10-9-11-18(12-17)27-6)13-23-21(22-5)24-14-20-15(3)25-16(4)28-20;/h9-12,19H,7-8,13-14H2,1-6H3,(H2,22,23,24);1H. The third-order valence-electron chi connectivity index (χ3n) is 4.83. The molecule has 2 aromatic rings. The minimum atomic E-state index is 0. The number of ether oxygens (including phenoxy) is 1. The maximum Gasteiger partial charge on any atom is 0.191 e. The van der Waals surface area contributed by atoms with E-state index in [2.05, 4.69) is 58.4 Å². The summed E-state index contributed by atoms with van der Waals surface area (Å²) in [4.78, 5) is 12.6. The molecular formula is C21H34IN5OS. The molecule has 0 spiro atoms. The summed E-state index contributed by atoms with van der Waals surface area (Å²) in [7, 11) is 3.51. The molecule has 1 atom stereocenters. The molecule has 1 unspecified atom stereocenters. The molecule has 0 bridgehead atoms. The molecule has 162 valence electrons. The zero-order valence-corrected chi connectivity index (χ0v) is 21.4. The zero-order chi connectivity index (χ0) is 20.5. The van der Waals surface area contributed by atoms with Crippen LogP contribution in [0.25, 0.3) is 0 Å². The number of nitrogens with zero attached hydrogens (tertiary/aromatic N) is 3. The fourth-order valence-electron chi connectivity index (χ4n) is 3.29. The van der Waals surface area contributed by atoms with E-state index >= 15 is 0 Å². The minimum Gasteiger partial charge on any atom is -0.497 e. The number of benzene rings is 1. The molecule has 0 amide bonds.